The number of aromatic carboxylic acids is 1. The summed E-state index contributed by atoms with van der Waals surface area (Å²) in [5.74, 6) is -1.64. The van der Waals surface area contributed by atoms with Crippen molar-refractivity contribution >= 4 is 46.8 Å². The molecule has 0 aromatic heterocycles. The molecule has 0 saturated carbocycles. The van der Waals surface area contributed by atoms with E-state index in [0.717, 1.165) is 0 Å². The Morgan fingerprint density at radius 3 is 2.50 bits per heavy atom. The van der Waals surface area contributed by atoms with Gasteiger partial charge in [0, 0.05) is 16.1 Å². The summed E-state index contributed by atoms with van der Waals surface area (Å²) in [4.78, 5) is 23.0. The Morgan fingerprint density at radius 1 is 1.09 bits per heavy atom. The van der Waals surface area contributed by atoms with E-state index in [4.69, 9.17) is 28.3 Å². The molecule has 0 spiro atoms. The van der Waals surface area contributed by atoms with E-state index in [0.29, 0.717) is 10.6 Å². The number of anilines is 1. The molecule has 2 N–H and O–H groups in total. The van der Waals surface area contributed by atoms with Crippen LogP contribution in [0.4, 0.5) is 5.69 Å². The molecule has 0 saturated heterocycles. The van der Waals surface area contributed by atoms with Gasteiger partial charge in [0.05, 0.1) is 11.3 Å². The van der Waals surface area contributed by atoms with E-state index < -0.39 is 11.9 Å². The van der Waals surface area contributed by atoms with Crippen LogP contribution < -0.4 is 5.32 Å². The summed E-state index contributed by atoms with van der Waals surface area (Å²) in [6.45, 7) is 0. The fraction of sp³-hybridized carbons (Fsp3) is 0. The Morgan fingerprint density at radius 2 is 1.82 bits per heavy atom. The third-order valence-electron chi connectivity index (χ3n) is 2.79. The molecule has 4 nitrogen and oxygen atoms in total. The van der Waals surface area contributed by atoms with Crippen LogP contribution in [-0.4, -0.2) is 17.0 Å². The average molecular weight is 336 g/mol. The molecular weight excluding hydrogens is 325 g/mol. The van der Waals surface area contributed by atoms with Crippen LogP contribution in [0, 0.1) is 0 Å². The van der Waals surface area contributed by atoms with Gasteiger partial charge in [-0.25, -0.2) is 4.79 Å². The molecule has 0 unspecified atom stereocenters. The minimum absolute atomic E-state index is 0.0769. The molecule has 22 heavy (non-hydrogen) atoms. The average Bonchev–Trinajstić information content (AvgIpc) is 2.48. The lowest BCUT2D eigenvalue weighted by atomic mass is 10.1. The van der Waals surface area contributed by atoms with Crippen molar-refractivity contribution in [3.63, 3.8) is 0 Å². The number of hydrogen-bond donors (Lipinski definition) is 2. The number of rotatable bonds is 4. The van der Waals surface area contributed by atoms with Crippen LogP contribution in [0.3, 0.4) is 0 Å². The van der Waals surface area contributed by atoms with Crippen LogP contribution in [0.25, 0.3) is 6.08 Å². The van der Waals surface area contributed by atoms with Crippen molar-refractivity contribution in [2.75, 3.05) is 5.32 Å². The van der Waals surface area contributed by atoms with Gasteiger partial charge in [0.1, 0.15) is 0 Å². The van der Waals surface area contributed by atoms with Gasteiger partial charge in [0.25, 0.3) is 0 Å². The van der Waals surface area contributed by atoms with Crippen molar-refractivity contribution in [3.05, 3.63) is 69.7 Å². The number of carboxylic acid groups (broad SMARTS) is 1. The summed E-state index contributed by atoms with van der Waals surface area (Å²) in [7, 11) is 0. The third-order valence-corrected chi connectivity index (χ3v) is 3.37. The minimum atomic E-state index is -1.17. The number of hydrogen-bond acceptors (Lipinski definition) is 2. The topological polar surface area (TPSA) is 66.4 Å². The molecule has 112 valence electrons. The third kappa shape index (κ3) is 4.10. The van der Waals surface area contributed by atoms with Gasteiger partial charge in [-0.3, -0.25) is 4.79 Å². The van der Waals surface area contributed by atoms with E-state index in [-0.39, 0.29) is 16.3 Å². The van der Waals surface area contributed by atoms with E-state index in [2.05, 4.69) is 5.32 Å². The molecular formula is C16H11Cl2NO3. The highest BCUT2D eigenvalue weighted by molar-refractivity contribution is 6.32. The van der Waals surface area contributed by atoms with E-state index in [1.807, 2.05) is 0 Å². The Kier molecular flexibility index (Phi) is 5.20. The van der Waals surface area contributed by atoms with Crippen LogP contribution in [0.5, 0.6) is 0 Å². The van der Waals surface area contributed by atoms with Gasteiger partial charge in [0.2, 0.25) is 5.91 Å². The van der Waals surface area contributed by atoms with Gasteiger partial charge in [-0.05, 0) is 35.9 Å². The van der Waals surface area contributed by atoms with Crippen molar-refractivity contribution in [3.8, 4) is 0 Å². The number of carbonyl (C=O) groups excluding carboxylic acids is 1. The summed E-state index contributed by atoms with van der Waals surface area (Å²) in [6, 6.07) is 11.3. The first kappa shape index (κ1) is 16.1. The van der Waals surface area contributed by atoms with Gasteiger partial charge in [0.15, 0.2) is 0 Å². The van der Waals surface area contributed by atoms with Gasteiger partial charge >= 0.3 is 5.97 Å². The van der Waals surface area contributed by atoms with Crippen molar-refractivity contribution in [1.29, 1.82) is 0 Å². The predicted octanol–water partition coefficient (Wildman–Crippen LogP) is 4.34. The van der Waals surface area contributed by atoms with Gasteiger partial charge in [-0.1, -0.05) is 41.4 Å². The zero-order valence-electron chi connectivity index (χ0n) is 11.2. The summed E-state index contributed by atoms with van der Waals surface area (Å²) in [6.07, 6.45) is 2.83. The lowest BCUT2D eigenvalue weighted by Gasteiger charge is -2.07. The van der Waals surface area contributed by atoms with Crippen LogP contribution in [-0.2, 0) is 4.79 Å². The molecule has 0 aliphatic carbocycles. The standard InChI is InChI=1S/C16H11Cl2NO3/c17-11-6-7-14(12(9-11)16(21)22)19-15(20)8-5-10-3-1-2-4-13(10)18/h1-9H,(H,19,20)(H,21,22). The first-order valence-electron chi connectivity index (χ1n) is 6.24. The molecule has 2 aromatic rings. The van der Waals surface area contributed by atoms with Crippen LogP contribution in [0.1, 0.15) is 15.9 Å². The molecule has 2 rings (SSSR count). The summed E-state index contributed by atoms with van der Waals surface area (Å²) in [5.41, 5.74) is 0.784. The number of amides is 1. The first-order chi connectivity index (χ1) is 10.5. The lowest BCUT2D eigenvalue weighted by molar-refractivity contribution is -0.111. The molecule has 0 radical (unpaired) electrons. The van der Waals surface area contributed by atoms with Gasteiger partial charge in [-0.2, -0.15) is 0 Å². The maximum absolute atomic E-state index is 11.9. The highest BCUT2D eigenvalue weighted by Gasteiger charge is 2.12. The molecule has 0 fully saturated rings. The maximum atomic E-state index is 11.9. The quantitative estimate of drug-likeness (QED) is 0.816. The van der Waals surface area contributed by atoms with Crippen LogP contribution in [0.15, 0.2) is 48.5 Å². The molecule has 0 aliphatic rings. The van der Waals surface area contributed by atoms with Crippen molar-refractivity contribution < 1.29 is 14.7 Å². The molecule has 2 aromatic carbocycles. The molecule has 0 heterocycles. The zero-order chi connectivity index (χ0) is 16.1. The highest BCUT2D eigenvalue weighted by atomic mass is 35.5. The largest absolute Gasteiger partial charge is 0.478 e. The predicted molar refractivity (Wildman–Crippen MR) is 87.5 cm³/mol. The lowest BCUT2D eigenvalue weighted by Crippen LogP contribution is -2.12. The Hall–Kier alpha value is -2.30. The second-order valence-corrected chi connectivity index (χ2v) is 5.18. The molecule has 1 amide bonds. The van der Waals surface area contributed by atoms with Crippen LogP contribution >= 0.6 is 23.2 Å². The fourth-order valence-corrected chi connectivity index (χ4v) is 2.12. The number of carbonyl (C=O) groups is 2. The van der Waals surface area contributed by atoms with E-state index in [1.54, 1.807) is 30.3 Å². The van der Waals surface area contributed by atoms with Crippen LogP contribution in [0.2, 0.25) is 10.0 Å². The summed E-state index contributed by atoms with van der Waals surface area (Å²) >= 11 is 11.7. The monoisotopic (exact) mass is 335 g/mol. The Bertz CT molecular complexity index is 757. The fourth-order valence-electron chi connectivity index (χ4n) is 1.75. The minimum Gasteiger partial charge on any atom is -0.478 e. The Labute approximate surface area is 137 Å². The summed E-state index contributed by atoms with van der Waals surface area (Å²) in [5, 5.41) is 12.4. The van der Waals surface area contributed by atoms with Gasteiger partial charge in [-0.15, -0.1) is 0 Å². The zero-order valence-corrected chi connectivity index (χ0v) is 12.7. The second kappa shape index (κ2) is 7.11. The second-order valence-electron chi connectivity index (χ2n) is 4.34. The number of carboxylic acids is 1. The number of halogens is 2. The normalized spacial score (nSPS) is 10.6. The summed E-state index contributed by atoms with van der Waals surface area (Å²) < 4.78 is 0. The smallest absolute Gasteiger partial charge is 0.337 e. The van der Waals surface area contributed by atoms with Gasteiger partial charge < -0.3 is 10.4 Å². The van der Waals surface area contributed by atoms with E-state index in [1.165, 1.54) is 24.3 Å². The van der Waals surface area contributed by atoms with E-state index in [9.17, 15) is 9.59 Å². The first-order valence-corrected chi connectivity index (χ1v) is 6.99. The number of nitrogens with one attached hydrogen (secondary N) is 1. The van der Waals surface area contributed by atoms with Crippen molar-refractivity contribution in [1.82, 2.24) is 0 Å². The Balaban J connectivity index is 2.16. The van der Waals surface area contributed by atoms with Crippen molar-refractivity contribution in [2.45, 2.75) is 0 Å². The van der Waals surface area contributed by atoms with Crippen molar-refractivity contribution in [2.24, 2.45) is 0 Å². The maximum Gasteiger partial charge on any atom is 0.337 e. The molecule has 0 atom stereocenters. The molecule has 0 bridgehead atoms. The SMILES string of the molecule is O=C(C=Cc1ccccc1Cl)Nc1ccc(Cl)cc1C(=O)O. The highest BCUT2D eigenvalue weighted by Crippen LogP contribution is 2.21. The molecule has 0 aliphatic heterocycles. The van der Waals surface area contributed by atoms with E-state index >= 15 is 0 Å². The number of benzene rings is 2. The molecule has 6 heteroatoms.